The van der Waals surface area contributed by atoms with Gasteiger partial charge in [0.15, 0.2) is 11.5 Å². The molecule has 0 amide bonds. The van der Waals surface area contributed by atoms with E-state index in [2.05, 4.69) is 31.9 Å². The summed E-state index contributed by atoms with van der Waals surface area (Å²) in [6, 6.07) is 3.90. The molecule has 8 heteroatoms. The van der Waals surface area contributed by atoms with Gasteiger partial charge in [-0.05, 0) is 44.0 Å². The van der Waals surface area contributed by atoms with Gasteiger partial charge in [-0.3, -0.25) is 0 Å². The van der Waals surface area contributed by atoms with Crippen LogP contribution in [0.1, 0.15) is 0 Å². The molecule has 0 aliphatic carbocycles. The summed E-state index contributed by atoms with van der Waals surface area (Å²) < 4.78 is 24.8. The molecule has 24 heavy (non-hydrogen) atoms. The summed E-state index contributed by atoms with van der Waals surface area (Å²) in [6.45, 7) is 4.13. The van der Waals surface area contributed by atoms with Crippen molar-refractivity contribution < 1.29 is 18.9 Å². The summed E-state index contributed by atoms with van der Waals surface area (Å²) in [5, 5.41) is 0. The molecule has 2 rings (SSSR count). The van der Waals surface area contributed by atoms with Gasteiger partial charge in [0.2, 0.25) is 0 Å². The second kappa shape index (κ2) is 12.7. The predicted octanol–water partition coefficient (Wildman–Crippen LogP) is 4.48. The smallest absolute Gasteiger partial charge is 0.162 e. The fourth-order valence-electron chi connectivity index (χ4n) is 1.92. The minimum absolute atomic E-state index is 0.646. The highest BCUT2D eigenvalue weighted by molar-refractivity contribution is 9.13. The first-order chi connectivity index (χ1) is 11.8. The molecule has 4 nitrogen and oxygen atoms in total. The Bertz CT molecular complexity index is 448. The van der Waals surface area contributed by atoms with Crippen molar-refractivity contribution in [3.8, 4) is 11.5 Å². The summed E-state index contributed by atoms with van der Waals surface area (Å²) in [5.74, 6) is 5.32. The average Bonchev–Trinajstić information content (AvgIpc) is 2.57. The largest absolute Gasteiger partial charge is 0.489 e. The van der Waals surface area contributed by atoms with Crippen LogP contribution in [0.3, 0.4) is 0 Å². The van der Waals surface area contributed by atoms with Crippen LogP contribution in [0.4, 0.5) is 0 Å². The van der Waals surface area contributed by atoms with Gasteiger partial charge in [-0.15, -0.1) is 0 Å². The first-order valence-electron chi connectivity index (χ1n) is 7.83. The third-order valence-corrected chi connectivity index (χ3v) is 6.74. The van der Waals surface area contributed by atoms with Crippen LogP contribution in [-0.4, -0.2) is 62.7 Å². The van der Waals surface area contributed by atoms with Crippen molar-refractivity contribution in [2.45, 2.75) is 0 Å². The van der Waals surface area contributed by atoms with Crippen LogP contribution < -0.4 is 9.47 Å². The highest BCUT2D eigenvalue weighted by Crippen LogP contribution is 2.36. The Labute approximate surface area is 169 Å². The summed E-state index contributed by atoms with van der Waals surface area (Å²) in [6.07, 6.45) is 0. The number of halogens is 2. The number of hydrogen-bond donors (Lipinski definition) is 0. The van der Waals surface area contributed by atoms with Crippen LogP contribution in [0.25, 0.3) is 0 Å². The molecule has 1 aliphatic heterocycles. The van der Waals surface area contributed by atoms with Gasteiger partial charge in [-0.25, -0.2) is 0 Å². The molecular weight excluding hydrogens is 480 g/mol. The Morgan fingerprint density at radius 1 is 0.625 bits per heavy atom. The van der Waals surface area contributed by atoms with E-state index in [0.717, 1.165) is 56.7 Å². The van der Waals surface area contributed by atoms with Crippen LogP contribution in [0.5, 0.6) is 11.5 Å². The minimum atomic E-state index is 0.646. The van der Waals surface area contributed by atoms with E-state index in [1.54, 1.807) is 0 Å². The van der Waals surface area contributed by atoms with E-state index in [-0.39, 0.29) is 0 Å². The molecular formula is C16H22Br2O4S2. The zero-order valence-corrected chi connectivity index (χ0v) is 18.2. The van der Waals surface area contributed by atoms with Gasteiger partial charge < -0.3 is 18.9 Å². The van der Waals surface area contributed by atoms with Crippen molar-refractivity contribution in [2.24, 2.45) is 0 Å². The molecule has 0 atom stereocenters. The molecule has 0 fully saturated rings. The Morgan fingerprint density at radius 3 is 1.50 bits per heavy atom. The summed E-state index contributed by atoms with van der Waals surface area (Å²) in [7, 11) is 0. The van der Waals surface area contributed by atoms with Gasteiger partial charge in [0.1, 0.15) is 0 Å². The number of fused-ring (bicyclic) bond motifs is 1. The van der Waals surface area contributed by atoms with Crippen molar-refractivity contribution in [1.82, 2.24) is 0 Å². The first kappa shape index (κ1) is 20.7. The van der Waals surface area contributed by atoms with E-state index in [1.807, 2.05) is 35.7 Å². The van der Waals surface area contributed by atoms with Crippen molar-refractivity contribution >= 4 is 55.4 Å². The van der Waals surface area contributed by atoms with Crippen molar-refractivity contribution in [2.75, 3.05) is 62.7 Å². The lowest BCUT2D eigenvalue weighted by Gasteiger charge is -2.14. The van der Waals surface area contributed by atoms with Crippen LogP contribution >= 0.6 is 55.4 Å². The van der Waals surface area contributed by atoms with Gasteiger partial charge in [-0.2, -0.15) is 23.5 Å². The minimum Gasteiger partial charge on any atom is -0.489 e. The summed E-state index contributed by atoms with van der Waals surface area (Å²) in [5.41, 5.74) is 0. The van der Waals surface area contributed by atoms with E-state index < -0.39 is 0 Å². The summed E-state index contributed by atoms with van der Waals surface area (Å²) in [4.78, 5) is 0. The molecule has 0 radical (unpaired) electrons. The molecule has 0 unspecified atom stereocenters. The Hall–Kier alpha value is 0.400. The number of thioether (sulfide) groups is 2. The SMILES string of the molecule is Brc1cc2c(cc1Br)OCCSCCOCCOCCSCCO2. The van der Waals surface area contributed by atoms with Gasteiger partial charge in [0.25, 0.3) is 0 Å². The predicted molar refractivity (Wildman–Crippen MR) is 109 cm³/mol. The molecule has 1 heterocycles. The molecule has 0 spiro atoms. The highest BCUT2D eigenvalue weighted by Gasteiger charge is 2.10. The quantitative estimate of drug-likeness (QED) is 0.521. The lowest BCUT2D eigenvalue weighted by Crippen LogP contribution is -2.10. The van der Waals surface area contributed by atoms with Crippen LogP contribution in [-0.2, 0) is 9.47 Å². The van der Waals surface area contributed by atoms with Gasteiger partial charge in [0, 0.05) is 32.0 Å². The molecule has 0 bridgehead atoms. The zero-order chi connectivity index (χ0) is 17.0. The number of rotatable bonds is 0. The molecule has 0 aromatic heterocycles. The topological polar surface area (TPSA) is 36.9 Å². The Balaban J connectivity index is 1.90. The third-order valence-electron chi connectivity index (χ3n) is 3.07. The van der Waals surface area contributed by atoms with E-state index in [4.69, 9.17) is 18.9 Å². The van der Waals surface area contributed by atoms with Crippen molar-refractivity contribution in [1.29, 1.82) is 0 Å². The highest BCUT2D eigenvalue weighted by atomic mass is 79.9. The molecule has 0 N–H and O–H groups in total. The van der Waals surface area contributed by atoms with E-state index in [9.17, 15) is 0 Å². The third kappa shape index (κ3) is 8.19. The summed E-state index contributed by atoms with van der Waals surface area (Å²) >= 11 is 10.7. The lowest BCUT2D eigenvalue weighted by molar-refractivity contribution is 0.0605. The van der Waals surface area contributed by atoms with Crippen LogP contribution in [0, 0.1) is 0 Å². The first-order valence-corrected chi connectivity index (χ1v) is 11.7. The molecule has 136 valence electrons. The van der Waals surface area contributed by atoms with E-state index in [1.165, 1.54) is 0 Å². The normalized spacial score (nSPS) is 19.2. The second-order valence-corrected chi connectivity index (χ2v) is 9.02. The molecule has 0 saturated carbocycles. The fourth-order valence-corrected chi connectivity index (χ4v) is 3.85. The van der Waals surface area contributed by atoms with Crippen LogP contribution in [0.15, 0.2) is 21.1 Å². The molecule has 1 aromatic rings. The monoisotopic (exact) mass is 500 g/mol. The lowest BCUT2D eigenvalue weighted by atomic mass is 10.3. The maximum Gasteiger partial charge on any atom is 0.162 e. The van der Waals surface area contributed by atoms with Gasteiger partial charge in [0.05, 0.1) is 39.6 Å². The fraction of sp³-hybridized carbons (Fsp3) is 0.625. The molecule has 1 aliphatic rings. The maximum absolute atomic E-state index is 5.90. The second-order valence-electron chi connectivity index (χ2n) is 4.86. The number of hydrogen-bond acceptors (Lipinski definition) is 6. The molecule has 1 aromatic carbocycles. The molecule has 0 saturated heterocycles. The zero-order valence-electron chi connectivity index (χ0n) is 13.4. The van der Waals surface area contributed by atoms with Crippen molar-refractivity contribution in [3.05, 3.63) is 21.1 Å². The van der Waals surface area contributed by atoms with Crippen molar-refractivity contribution in [3.63, 3.8) is 0 Å². The standard InChI is InChI=1S/C16H22Br2O4S2/c17-13-11-15-16(12-14(13)18)22-6-10-24-8-4-20-2-1-19-3-7-23-9-5-21-15/h11-12H,1-10H2. The van der Waals surface area contributed by atoms with Gasteiger partial charge in [-0.1, -0.05) is 0 Å². The maximum atomic E-state index is 5.90. The number of ether oxygens (including phenoxy) is 4. The average molecular weight is 502 g/mol. The van der Waals surface area contributed by atoms with E-state index in [0.29, 0.717) is 26.4 Å². The Morgan fingerprint density at radius 2 is 1.04 bits per heavy atom. The van der Waals surface area contributed by atoms with Gasteiger partial charge >= 0.3 is 0 Å². The van der Waals surface area contributed by atoms with Crippen LogP contribution in [0.2, 0.25) is 0 Å². The Kier molecular flexibility index (Phi) is 11.0. The van der Waals surface area contributed by atoms with E-state index >= 15 is 0 Å². The number of benzene rings is 1.